The Morgan fingerprint density at radius 2 is 1.81 bits per heavy atom. The van der Waals surface area contributed by atoms with E-state index >= 15 is 0 Å². The average molecular weight is 316 g/mol. The van der Waals surface area contributed by atoms with Gasteiger partial charge in [0.05, 0.1) is 22.8 Å². The van der Waals surface area contributed by atoms with Crippen molar-refractivity contribution < 1.29 is 13.2 Å². The first-order valence-corrected chi connectivity index (χ1v) is 7.24. The first-order chi connectivity index (χ1) is 9.88. The Labute approximate surface area is 124 Å². The first kappa shape index (κ1) is 15.6. The molecule has 0 amide bonds. The van der Waals surface area contributed by atoms with E-state index in [0.29, 0.717) is 13.1 Å². The smallest absolute Gasteiger partial charge is 0.370 e. The third-order valence-electron chi connectivity index (χ3n) is 2.63. The van der Waals surface area contributed by atoms with Gasteiger partial charge in [0.15, 0.2) is 0 Å². The van der Waals surface area contributed by atoms with Crippen LogP contribution in [-0.4, -0.2) is 16.5 Å². The second kappa shape index (κ2) is 6.30. The molecular formula is C13H15F3N4S. The molecule has 2 aromatic rings. The van der Waals surface area contributed by atoms with Gasteiger partial charge in [0.2, 0.25) is 0 Å². The van der Waals surface area contributed by atoms with E-state index in [1.165, 1.54) is 11.3 Å². The third kappa shape index (κ3) is 4.32. The van der Waals surface area contributed by atoms with E-state index in [4.69, 9.17) is 0 Å². The van der Waals surface area contributed by atoms with Gasteiger partial charge in [-0.05, 0) is 26.0 Å². The van der Waals surface area contributed by atoms with Crippen molar-refractivity contribution in [1.82, 2.24) is 9.97 Å². The number of pyridine rings is 1. The highest BCUT2D eigenvalue weighted by Gasteiger charge is 2.31. The Morgan fingerprint density at radius 3 is 2.33 bits per heavy atom. The topological polar surface area (TPSA) is 49.8 Å². The predicted octanol–water partition coefficient (Wildman–Crippen LogP) is 3.91. The number of hydrogen-bond donors (Lipinski definition) is 2. The van der Waals surface area contributed by atoms with Crippen molar-refractivity contribution in [3.8, 4) is 0 Å². The van der Waals surface area contributed by atoms with Crippen LogP contribution >= 0.6 is 11.3 Å². The lowest BCUT2D eigenvalue weighted by atomic mass is 10.2. The van der Waals surface area contributed by atoms with Gasteiger partial charge in [-0.15, -0.1) is 11.3 Å². The fourth-order valence-electron chi connectivity index (χ4n) is 1.73. The highest BCUT2D eigenvalue weighted by Crippen LogP contribution is 2.32. The van der Waals surface area contributed by atoms with Crippen molar-refractivity contribution in [1.29, 1.82) is 0 Å². The molecule has 0 aliphatic rings. The minimum absolute atomic E-state index is 0.173. The molecule has 2 rings (SSSR count). The van der Waals surface area contributed by atoms with Crippen LogP contribution in [0.5, 0.6) is 0 Å². The molecule has 0 fully saturated rings. The molecule has 2 aromatic heterocycles. The Hall–Kier alpha value is -1.83. The van der Waals surface area contributed by atoms with Gasteiger partial charge in [-0.2, -0.15) is 13.2 Å². The zero-order chi connectivity index (χ0) is 15.5. The lowest BCUT2D eigenvalue weighted by molar-refractivity contribution is -0.137. The second-order valence-electron chi connectivity index (χ2n) is 4.37. The van der Waals surface area contributed by atoms with Crippen LogP contribution in [0.1, 0.15) is 23.2 Å². The number of aromatic nitrogens is 2. The highest BCUT2D eigenvalue weighted by atomic mass is 32.1. The summed E-state index contributed by atoms with van der Waals surface area (Å²) < 4.78 is 38.6. The molecular weight excluding hydrogens is 301 g/mol. The summed E-state index contributed by atoms with van der Waals surface area (Å²) in [6.07, 6.45) is -4.40. The van der Waals surface area contributed by atoms with Crippen molar-refractivity contribution >= 4 is 23.0 Å². The summed E-state index contributed by atoms with van der Waals surface area (Å²) in [5.41, 5.74) is 0.0483. The molecule has 0 bridgehead atoms. The van der Waals surface area contributed by atoms with Crippen LogP contribution in [0.25, 0.3) is 0 Å². The maximum absolute atomic E-state index is 12.9. The summed E-state index contributed by atoms with van der Waals surface area (Å²) in [5.74, 6) is 0.371. The number of alkyl halides is 3. The third-order valence-corrected chi connectivity index (χ3v) is 3.45. The van der Waals surface area contributed by atoms with E-state index in [-0.39, 0.29) is 11.6 Å². The second-order valence-corrected chi connectivity index (χ2v) is 5.43. The summed E-state index contributed by atoms with van der Waals surface area (Å²) in [6.45, 7) is 4.51. The van der Waals surface area contributed by atoms with Crippen molar-refractivity contribution in [2.75, 3.05) is 17.2 Å². The molecule has 0 aromatic carbocycles. The quantitative estimate of drug-likeness (QED) is 0.878. The SMILES string of the molecule is CCNc1cc(C(F)(F)F)cc(NCc2csc(C)n2)n1. The average Bonchev–Trinajstić information content (AvgIpc) is 2.81. The summed E-state index contributed by atoms with van der Waals surface area (Å²) in [4.78, 5) is 8.36. The van der Waals surface area contributed by atoms with Crippen LogP contribution < -0.4 is 10.6 Å². The van der Waals surface area contributed by atoms with E-state index in [2.05, 4.69) is 20.6 Å². The molecule has 21 heavy (non-hydrogen) atoms. The zero-order valence-electron chi connectivity index (χ0n) is 11.6. The fraction of sp³-hybridized carbons (Fsp3) is 0.385. The lowest BCUT2D eigenvalue weighted by Crippen LogP contribution is -2.11. The van der Waals surface area contributed by atoms with Crippen molar-refractivity contribution in [2.24, 2.45) is 0 Å². The van der Waals surface area contributed by atoms with Gasteiger partial charge in [0, 0.05) is 11.9 Å². The van der Waals surface area contributed by atoms with Gasteiger partial charge < -0.3 is 10.6 Å². The molecule has 4 nitrogen and oxygen atoms in total. The molecule has 0 aliphatic carbocycles. The largest absolute Gasteiger partial charge is 0.416 e. The number of anilines is 2. The molecule has 8 heteroatoms. The number of aryl methyl sites for hydroxylation is 1. The Morgan fingerprint density at radius 1 is 1.14 bits per heavy atom. The number of hydrogen-bond acceptors (Lipinski definition) is 5. The van der Waals surface area contributed by atoms with Crippen molar-refractivity contribution in [3.63, 3.8) is 0 Å². The molecule has 114 valence electrons. The van der Waals surface area contributed by atoms with Gasteiger partial charge in [0.25, 0.3) is 0 Å². The van der Waals surface area contributed by atoms with Crippen LogP contribution in [0.2, 0.25) is 0 Å². The Bertz CT molecular complexity index is 610. The van der Waals surface area contributed by atoms with E-state index in [9.17, 15) is 13.2 Å². The highest BCUT2D eigenvalue weighted by molar-refractivity contribution is 7.09. The number of nitrogens with one attached hydrogen (secondary N) is 2. The molecule has 2 heterocycles. The lowest BCUT2D eigenvalue weighted by Gasteiger charge is -2.12. The van der Waals surface area contributed by atoms with Crippen molar-refractivity contribution in [3.05, 3.63) is 33.8 Å². The summed E-state index contributed by atoms with van der Waals surface area (Å²) in [7, 11) is 0. The van der Waals surface area contributed by atoms with E-state index in [1.807, 2.05) is 12.3 Å². The van der Waals surface area contributed by atoms with Crippen molar-refractivity contribution in [2.45, 2.75) is 26.6 Å². The monoisotopic (exact) mass is 316 g/mol. The minimum atomic E-state index is -4.40. The molecule has 0 atom stereocenters. The van der Waals surface area contributed by atoms with Gasteiger partial charge in [-0.3, -0.25) is 0 Å². The first-order valence-electron chi connectivity index (χ1n) is 6.36. The molecule has 0 radical (unpaired) electrons. The van der Waals surface area contributed by atoms with Crippen LogP contribution in [0.15, 0.2) is 17.5 Å². The minimum Gasteiger partial charge on any atom is -0.370 e. The van der Waals surface area contributed by atoms with Crippen LogP contribution in [-0.2, 0) is 12.7 Å². The molecule has 2 N–H and O–H groups in total. The standard InChI is InChI=1S/C13H15F3N4S/c1-3-17-11-4-9(13(14,15)16)5-12(20-11)18-6-10-7-21-8(2)19-10/h4-5,7H,3,6H2,1-2H3,(H2,17,18,20). The van der Waals surface area contributed by atoms with Crippen LogP contribution in [0.4, 0.5) is 24.8 Å². The van der Waals surface area contributed by atoms with Crippen LogP contribution in [0.3, 0.4) is 0 Å². The van der Waals surface area contributed by atoms with E-state index < -0.39 is 11.7 Å². The Kier molecular flexibility index (Phi) is 4.66. The summed E-state index contributed by atoms with van der Waals surface area (Å²) in [6, 6.07) is 2.00. The van der Waals surface area contributed by atoms with E-state index in [1.54, 1.807) is 6.92 Å². The fourth-order valence-corrected chi connectivity index (χ4v) is 2.34. The number of rotatable bonds is 5. The summed E-state index contributed by atoms with van der Waals surface area (Å²) >= 11 is 1.49. The zero-order valence-corrected chi connectivity index (χ0v) is 12.4. The van der Waals surface area contributed by atoms with Gasteiger partial charge in [-0.1, -0.05) is 0 Å². The van der Waals surface area contributed by atoms with Gasteiger partial charge in [-0.25, -0.2) is 9.97 Å². The van der Waals surface area contributed by atoms with Gasteiger partial charge in [0.1, 0.15) is 11.6 Å². The summed E-state index contributed by atoms with van der Waals surface area (Å²) in [5, 5.41) is 8.45. The van der Waals surface area contributed by atoms with Gasteiger partial charge >= 0.3 is 6.18 Å². The maximum Gasteiger partial charge on any atom is 0.416 e. The predicted molar refractivity (Wildman–Crippen MR) is 77.6 cm³/mol. The number of halogens is 3. The molecule has 0 unspecified atom stereocenters. The Balaban J connectivity index is 2.19. The molecule has 0 saturated carbocycles. The number of thiazole rings is 1. The molecule has 0 aliphatic heterocycles. The number of nitrogens with zero attached hydrogens (tertiary/aromatic N) is 2. The molecule has 0 spiro atoms. The normalized spacial score (nSPS) is 11.5. The maximum atomic E-state index is 12.9. The van der Waals surface area contributed by atoms with E-state index in [0.717, 1.165) is 22.8 Å². The van der Waals surface area contributed by atoms with Crippen LogP contribution in [0, 0.1) is 6.92 Å². The molecule has 0 saturated heterocycles.